The third-order valence-corrected chi connectivity index (χ3v) is 4.31. The number of hydrogen-bond acceptors (Lipinski definition) is 4. The Kier molecular flexibility index (Phi) is 5.11. The largest absolute Gasteiger partial charge is 0.409 e. The van der Waals surface area contributed by atoms with Crippen LogP contribution in [0.25, 0.3) is 0 Å². The highest BCUT2D eigenvalue weighted by atomic mass is 79.9. The van der Waals surface area contributed by atoms with E-state index in [0.29, 0.717) is 18.7 Å². The first kappa shape index (κ1) is 15.0. The quantitative estimate of drug-likeness (QED) is 0.333. The molecule has 0 bridgehead atoms. The monoisotopic (exact) mass is 357 g/mol. The van der Waals surface area contributed by atoms with Gasteiger partial charge in [0.25, 0.3) is 0 Å². The Hall–Kier alpha value is -1.44. The molecule has 0 fully saturated rings. The molecule has 7 heteroatoms. The van der Waals surface area contributed by atoms with E-state index in [2.05, 4.69) is 26.4 Å². The molecule has 2 aromatic rings. The number of nitrogens with one attached hydrogen (secondary N) is 1. The fourth-order valence-electron chi connectivity index (χ4n) is 1.73. The highest BCUT2D eigenvalue weighted by Crippen LogP contribution is 2.19. The summed E-state index contributed by atoms with van der Waals surface area (Å²) in [5.41, 5.74) is 6.57. The van der Waals surface area contributed by atoms with Crippen molar-refractivity contribution in [2.75, 3.05) is 0 Å². The average molecular weight is 358 g/mol. The Bertz CT molecular complexity index is 630. The van der Waals surface area contributed by atoms with Crippen LogP contribution in [0.1, 0.15) is 16.0 Å². The van der Waals surface area contributed by atoms with Crippen molar-refractivity contribution in [1.82, 2.24) is 5.32 Å². The molecule has 4 N–H and O–H groups in total. The van der Waals surface area contributed by atoms with Crippen molar-refractivity contribution >= 4 is 33.1 Å². The third-order valence-electron chi connectivity index (χ3n) is 2.61. The van der Waals surface area contributed by atoms with Gasteiger partial charge in [0, 0.05) is 33.4 Å². The summed E-state index contributed by atoms with van der Waals surface area (Å²) in [5, 5.41) is 16.7. The van der Waals surface area contributed by atoms with Crippen LogP contribution in [-0.2, 0) is 13.1 Å². The molecule has 0 spiro atoms. The molecule has 0 saturated carbocycles. The third kappa shape index (κ3) is 4.03. The maximum atomic E-state index is 13.5. The lowest BCUT2D eigenvalue weighted by atomic mass is 10.1. The molecule has 0 aliphatic rings. The fourth-order valence-corrected chi connectivity index (χ4v) is 3.16. The average Bonchev–Trinajstić information content (AvgIpc) is 2.83. The van der Waals surface area contributed by atoms with Gasteiger partial charge in [0.15, 0.2) is 5.84 Å². The van der Waals surface area contributed by atoms with Gasteiger partial charge >= 0.3 is 0 Å². The molecule has 2 rings (SSSR count). The van der Waals surface area contributed by atoms with Crippen LogP contribution >= 0.6 is 27.3 Å². The minimum atomic E-state index is -0.412. The number of nitrogens with two attached hydrogens (primary N) is 1. The van der Waals surface area contributed by atoms with E-state index in [1.165, 1.54) is 17.0 Å². The predicted molar refractivity (Wildman–Crippen MR) is 81.5 cm³/mol. The minimum absolute atomic E-state index is 0.104. The number of oxime groups is 1. The van der Waals surface area contributed by atoms with E-state index in [1.54, 1.807) is 17.4 Å². The second-order valence-electron chi connectivity index (χ2n) is 4.17. The van der Waals surface area contributed by atoms with Gasteiger partial charge in [0.2, 0.25) is 0 Å². The van der Waals surface area contributed by atoms with Crippen LogP contribution in [0.15, 0.2) is 39.3 Å². The van der Waals surface area contributed by atoms with Crippen molar-refractivity contribution in [3.8, 4) is 0 Å². The molecule has 0 saturated heterocycles. The molecule has 0 unspecified atom stereocenters. The zero-order chi connectivity index (χ0) is 14.5. The van der Waals surface area contributed by atoms with Crippen molar-refractivity contribution < 1.29 is 9.60 Å². The van der Waals surface area contributed by atoms with E-state index in [0.717, 1.165) is 10.0 Å². The molecule has 0 atom stereocenters. The summed E-state index contributed by atoms with van der Waals surface area (Å²) in [7, 11) is 0. The lowest BCUT2D eigenvalue weighted by Gasteiger charge is -2.06. The molecule has 4 nitrogen and oxygen atoms in total. The van der Waals surface area contributed by atoms with E-state index in [4.69, 9.17) is 10.9 Å². The smallest absolute Gasteiger partial charge is 0.170 e. The maximum absolute atomic E-state index is 13.5. The zero-order valence-electron chi connectivity index (χ0n) is 10.4. The number of halogens is 2. The van der Waals surface area contributed by atoms with Gasteiger partial charge in [0.05, 0.1) is 0 Å². The topological polar surface area (TPSA) is 70.6 Å². The van der Waals surface area contributed by atoms with Gasteiger partial charge in [-0.1, -0.05) is 5.16 Å². The second kappa shape index (κ2) is 6.83. The normalized spacial score (nSPS) is 11.8. The molecule has 0 radical (unpaired) electrons. The van der Waals surface area contributed by atoms with E-state index >= 15 is 0 Å². The van der Waals surface area contributed by atoms with Crippen LogP contribution in [0.5, 0.6) is 0 Å². The predicted octanol–water partition coefficient (Wildman–Crippen LogP) is 3.03. The van der Waals surface area contributed by atoms with Crippen LogP contribution < -0.4 is 11.1 Å². The van der Waals surface area contributed by atoms with Gasteiger partial charge in [0.1, 0.15) is 5.82 Å². The van der Waals surface area contributed by atoms with Gasteiger partial charge in [-0.3, -0.25) is 0 Å². The first-order valence-electron chi connectivity index (χ1n) is 5.79. The number of hydrogen-bond donors (Lipinski definition) is 3. The van der Waals surface area contributed by atoms with Crippen molar-refractivity contribution in [1.29, 1.82) is 0 Å². The molecule has 0 aliphatic heterocycles. The molecular formula is C13H13BrFN3OS. The van der Waals surface area contributed by atoms with Crippen molar-refractivity contribution in [3.05, 3.63) is 55.9 Å². The SMILES string of the molecule is N/C(=N/O)c1cc(F)cc(CNCc2cc(Br)cs2)c1. The summed E-state index contributed by atoms with van der Waals surface area (Å²) < 4.78 is 14.5. The molecule has 1 heterocycles. The summed E-state index contributed by atoms with van der Waals surface area (Å²) in [5.74, 6) is -0.516. The summed E-state index contributed by atoms with van der Waals surface area (Å²) in [6.45, 7) is 1.20. The van der Waals surface area contributed by atoms with Crippen molar-refractivity contribution in [2.45, 2.75) is 13.1 Å². The van der Waals surface area contributed by atoms with Gasteiger partial charge in [-0.2, -0.15) is 0 Å². The number of nitrogens with zero attached hydrogens (tertiary/aromatic N) is 1. The van der Waals surface area contributed by atoms with Crippen LogP contribution in [0, 0.1) is 5.82 Å². The Balaban J connectivity index is 2.00. The van der Waals surface area contributed by atoms with E-state index in [1.807, 2.05) is 11.4 Å². The van der Waals surface area contributed by atoms with E-state index in [9.17, 15) is 4.39 Å². The highest BCUT2D eigenvalue weighted by molar-refractivity contribution is 9.10. The van der Waals surface area contributed by atoms with Crippen LogP contribution in [0.3, 0.4) is 0 Å². The zero-order valence-corrected chi connectivity index (χ0v) is 12.8. The van der Waals surface area contributed by atoms with Gasteiger partial charge in [-0.25, -0.2) is 4.39 Å². The Labute approximate surface area is 128 Å². The first-order chi connectivity index (χ1) is 9.58. The Morgan fingerprint density at radius 1 is 1.35 bits per heavy atom. The lowest BCUT2D eigenvalue weighted by Crippen LogP contribution is -2.16. The summed E-state index contributed by atoms with van der Waals surface area (Å²) in [4.78, 5) is 1.19. The summed E-state index contributed by atoms with van der Waals surface area (Å²) in [6, 6.07) is 6.38. The minimum Gasteiger partial charge on any atom is -0.409 e. The molecule has 0 amide bonds. The summed E-state index contributed by atoms with van der Waals surface area (Å²) >= 11 is 5.04. The first-order valence-corrected chi connectivity index (χ1v) is 7.47. The lowest BCUT2D eigenvalue weighted by molar-refractivity contribution is 0.318. The maximum Gasteiger partial charge on any atom is 0.170 e. The number of rotatable bonds is 5. The van der Waals surface area contributed by atoms with Crippen molar-refractivity contribution in [3.63, 3.8) is 0 Å². The van der Waals surface area contributed by atoms with Gasteiger partial charge in [-0.15, -0.1) is 11.3 Å². The standard InChI is InChI=1S/C13H13BrFN3OS/c14-10-4-12(20-7-10)6-17-5-8-1-9(13(16)18-19)3-11(15)2-8/h1-4,7,17,19H,5-6H2,(H2,16,18). The van der Waals surface area contributed by atoms with Crippen LogP contribution in [0.2, 0.25) is 0 Å². The van der Waals surface area contributed by atoms with Gasteiger partial charge < -0.3 is 16.3 Å². The molecule has 0 aliphatic carbocycles. The number of thiophene rings is 1. The number of amidine groups is 1. The van der Waals surface area contributed by atoms with Crippen LogP contribution in [0.4, 0.5) is 4.39 Å². The number of benzene rings is 1. The molecule has 1 aromatic carbocycles. The summed E-state index contributed by atoms with van der Waals surface area (Å²) in [6.07, 6.45) is 0. The van der Waals surface area contributed by atoms with Gasteiger partial charge in [-0.05, 0) is 45.8 Å². The molecule has 106 valence electrons. The fraction of sp³-hybridized carbons (Fsp3) is 0.154. The second-order valence-corrected chi connectivity index (χ2v) is 6.08. The van der Waals surface area contributed by atoms with E-state index < -0.39 is 5.82 Å². The molecule has 20 heavy (non-hydrogen) atoms. The Morgan fingerprint density at radius 3 is 2.80 bits per heavy atom. The highest BCUT2D eigenvalue weighted by Gasteiger charge is 2.05. The molecule has 1 aromatic heterocycles. The molecular weight excluding hydrogens is 345 g/mol. The van der Waals surface area contributed by atoms with Crippen LogP contribution in [-0.4, -0.2) is 11.0 Å². The van der Waals surface area contributed by atoms with E-state index in [-0.39, 0.29) is 5.84 Å². The van der Waals surface area contributed by atoms with Crippen molar-refractivity contribution in [2.24, 2.45) is 10.9 Å². The Morgan fingerprint density at radius 2 is 2.15 bits per heavy atom.